The standard InChI is InChI=1S/C30H36N4O3/c1-29(2,3)37-28(36)33-30(16-8-17-30)23-13-11-20(12-14-23)25-26(21-9-6-5-7-10-21)34-18-15-22(27(35)31-4)19-24(34)32-25/h5-7,9,11-15,18-19,21,25-26H,8,10,16-17H2,1-4H3,(H,31,35)(H,33,36). The largest absolute Gasteiger partial charge is 0.444 e. The minimum Gasteiger partial charge on any atom is -0.444 e. The number of amides is 2. The Balaban J connectivity index is 1.42. The van der Waals surface area contributed by atoms with E-state index in [1.807, 2.05) is 39.1 Å². The molecule has 3 atom stereocenters. The molecule has 0 spiro atoms. The monoisotopic (exact) mass is 500 g/mol. The van der Waals surface area contributed by atoms with E-state index in [2.05, 4.69) is 64.1 Å². The summed E-state index contributed by atoms with van der Waals surface area (Å²) in [4.78, 5) is 32.1. The van der Waals surface area contributed by atoms with Crippen LogP contribution in [0.3, 0.4) is 0 Å². The number of alkyl carbamates (subject to hydrolysis) is 1. The number of carbonyl (C=O) groups is 2. The Kier molecular flexibility index (Phi) is 6.56. The molecule has 4 aliphatic rings. The van der Waals surface area contributed by atoms with Crippen molar-refractivity contribution in [2.24, 2.45) is 10.9 Å². The summed E-state index contributed by atoms with van der Waals surface area (Å²) in [5.74, 6) is 0.985. The molecule has 0 bridgehead atoms. The number of aliphatic imine (C=N–C) groups is 1. The van der Waals surface area contributed by atoms with Gasteiger partial charge in [-0.1, -0.05) is 48.6 Å². The summed E-state index contributed by atoms with van der Waals surface area (Å²) in [6.07, 6.45) is 17.8. The number of likely N-dealkylation sites (N-methyl/N-ethyl adjacent to an activating group) is 1. The number of hydrogen-bond acceptors (Lipinski definition) is 5. The molecule has 7 nitrogen and oxygen atoms in total. The van der Waals surface area contributed by atoms with E-state index in [9.17, 15) is 9.59 Å². The number of amidine groups is 1. The average molecular weight is 501 g/mol. The second-order valence-electron chi connectivity index (χ2n) is 11.2. The maximum atomic E-state index is 12.6. The van der Waals surface area contributed by atoms with Crippen molar-refractivity contribution < 1.29 is 14.3 Å². The number of carbonyl (C=O) groups excluding carboxylic acids is 2. The van der Waals surface area contributed by atoms with Crippen molar-refractivity contribution in [3.63, 3.8) is 0 Å². The van der Waals surface area contributed by atoms with Gasteiger partial charge in [0.1, 0.15) is 11.4 Å². The molecule has 1 fully saturated rings. The lowest BCUT2D eigenvalue weighted by atomic mass is 9.71. The number of hydrogen-bond donors (Lipinski definition) is 2. The Hall–Kier alpha value is -3.61. The molecule has 1 aromatic carbocycles. The summed E-state index contributed by atoms with van der Waals surface area (Å²) in [5, 5.41) is 5.84. The fraction of sp³-hybridized carbons (Fsp3) is 0.433. The molecule has 2 aliphatic heterocycles. The first-order valence-corrected chi connectivity index (χ1v) is 13.1. The smallest absolute Gasteiger partial charge is 0.408 e. The van der Waals surface area contributed by atoms with Gasteiger partial charge >= 0.3 is 6.09 Å². The molecule has 194 valence electrons. The fourth-order valence-corrected chi connectivity index (χ4v) is 5.59. The topological polar surface area (TPSA) is 83.0 Å². The maximum absolute atomic E-state index is 12.6. The molecule has 3 unspecified atom stereocenters. The van der Waals surface area contributed by atoms with Crippen LogP contribution in [0.1, 0.15) is 63.6 Å². The third-order valence-electron chi connectivity index (χ3n) is 7.57. The predicted octanol–water partition coefficient (Wildman–Crippen LogP) is 5.05. The van der Waals surface area contributed by atoms with E-state index in [4.69, 9.17) is 9.73 Å². The van der Waals surface area contributed by atoms with E-state index in [0.717, 1.165) is 42.6 Å². The van der Waals surface area contributed by atoms with Crippen LogP contribution < -0.4 is 10.6 Å². The Morgan fingerprint density at radius 3 is 2.49 bits per heavy atom. The number of nitrogens with zero attached hydrogens (tertiary/aromatic N) is 2. The van der Waals surface area contributed by atoms with Crippen LogP contribution in [-0.4, -0.2) is 41.4 Å². The highest BCUT2D eigenvalue weighted by molar-refractivity contribution is 6.07. The van der Waals surface area contributed by atoms with Crippen molar-refractivity contribution >= 4 is 17.8 Å². The summed E-state index contributed by atoms with van der Waals surface area (Å²) < 4.78 is 5.54. The summed E-state index contributed by atoms with van der Waals surface area (Å²) in [6, 6.07) is 8.56. The zero-order valence-corrected chi connectivity index (χ0v) is 22.0. The molecule has 2 amide bonds. The van der Waals surface area contributed by atoms with E-state index in [0.29, 0.717) is 11.5 Å². The van der Waals surface area contributed by atoms with Gasteiger partial charge in [0.25, 0.3) is 5.91 Å². The minimum absolute atomic E-state index is 0.0775. The van der Waals surface area contributed by atoms with Crippen molar-refractivity contribution in [3.8, 4) is 0 Å². The van der Waals surface area contributed by atoms with Gasteiger partial charge in [-0.25, -0.2) is 4.79 Å². The van der Waals surface area contributed by atoms with E-state index in [-0.39, 0.29) is 29.6 Å². The third kappa shape index (κ3) is 4.99. The van der Waals surface area contributed by atoms with E-state index < -0.39 is 5.60 Å². The van der Waals surface area contributed by atoms with Crippen LogP contribution in [0.2, 0.25) is 0 Å². The van der Waals surface area contributed by atoms with Crippen molar-refractivity contribution in [1.29, 1.82) is 0 Å². The van der Waals surface area contributed by atoms with Gasteiger partial charge in [-0.2, -0.15) is 0 Å². The second kappa shape index (κ2) is 9.69. The highest BCUT2D eigenvalue weighted by Crippen LogP contribution is 2.44. The van der Waals surface area contributed by atoms with Gasteiger partial charge in [-0.05, 0) is 69.7 Å². The zero-order chi connectivity index (χ0) is 26.2. The minimum atomic E-state index is -0.537. The molecule has 7 heteroatoms. The number of allylic oxidation sites excluding steroid dienone is 3. The molecule has 0 radical (unpaired) electrons. The Morgan fingerprint density at radius 2 is 1.89 bits per heavy atom. The van der Waals surface area contributed by atoms with Crippen LogP contribution in [0.4, 0.5) is 4.79 Å². The highest BCUT2D eigenvalue weighted by Gasteiger charge is 2.43. The molecular formula is C30H36N4O3. The van der Waals surface area contributed by atoms with Crippen LogP contribution in [0.25, 0.3) is 0 Å². The molecule has 0 saturated heterocycles. The average Bonchev–Trinajstić information content (AvgIpc) is 3.24. The van der Waals surface area contributed by atoms with Gasteiger partial charge in [0.2, 0.25) is 0 Å². The van der Waals surface area contributed by atoms with Crippen LogP contribution >= 0.6 is 0 Å². The fourth-order valence-electron chi connectivity index (χ4n) is 5.59. The molecule has 1 aromatic rings. The van der Waals surface area contributed by atoms with Gasteiger partial charge in [0.15, 0.2) is 0 Å². The quantitative estimate of drug-likeness (QED) is 0.593. The van der Waals surface area contributed by atoms with Gasteiger partial charge < -0.3 is 20.3 Å². The van der Waals surface area contributed by atoms with Crippen LogP contribution in [0, 0.1) is 5.92 Å². The summed E-state index contributed by atoms with van der Waals surface area (Å²) in [7, 11) is 1.64. The molecule has 5 rings (SSSR count). The lowest BCUT2D eigenvalue weighted by Crippen LogP contribution is -2.52. The van der Waals surface area contributed by atoms with E-state index >= 15 is 0 Å². The third-order valence-corrected chi connectivity index (χ3v) is 7.57. The van der Waals surface area contributed by atoms with E-state index in [1.54, 1.807) is 7.05 Å². The lowest BCUT2D eigenvalue weighted by molar-refractivity contribution is -0.116. The van der Waals surface area contributed by atoms with Crippen molar-refractivity contribution in [2.45, 2.75) is 69.7 Å². The lowest BCUT2D eigenvalue weighted by Gasteiger charge is -2.43. The first-order chi connectivity index (χ1) is 17.7. The van der Waals surface area contributed by atoms with Crippen molar-refractivity contribution in [3.05, 3.63) is 83.6 Å². The summed E-state index contributed by atoms with van der Waals surface area (Å²) >= 11 is 0. The number of fused-ring (bicyclic) bond motifs is 1. The molecule has 2 aliphatic carbocycles. The van der Waals surface area contributed by atoms with Gasteiger partial charge in [0, 0.05) is 24.7 Å². The Labute approximate surface area is 219 Å². The molecule has 2 heterocycles. The van der Waals surface area contributed by atoms with Crippen LogP contribution in [-0.2, 0) is 15.1 Å². The SMILES string of the molecule is CNC(=O)C1=CC2=NC(c3ccc(C4(NC(=O)OC(C)(C)C)CCC4)cc3)C(C3C=CC=CC3)N2C=C1. The molecular weight excluding hydrogens is 464 g/mol. The number of benzene rings is 1. The molecule has 2 N–H and O–H groups in total. The zero-order valence-electron chi connectivity index (χ0n) is 22.0. The van der Waals surface area contributed by atoms with Crippen LogP contribution in [0.5, 0.6) is 0 Å². The normalized spacial score (nSPS) is 25.5. The van der Waals surface area contributed by atoms with Crippen molar-refractivity contribution in [1.82, 2.24) is 15.5 Å². The first kappa shape index (κ1) is 25.1. The number of rotatable bonds is 5. The van der Waals surface area contributed by atoms with E-state index in [1.165, 1.54) is 0 Å². The molecule has 37 heavy (non-hydrogen) atoms. The van der Waals surface area contributed by atoms with Crippen LogP contribution in [0.15, 0.2) is 77.5 Å². The Morgan fingerprint density at radius 1 is 1.14 bits per heavy atom. The van der Waals surface area contributed by atoms with Gasteiger partial charge in [0.05, 0.1) is 17.6 Å². The van der Waals surface area contributed by atoms with Crippen molar-refractivity contribution in [2.75, 3.05) is 7.05 Å². The molecule has 0 aromatic heterocycles. The van der Waals surface area contributed by atoms with Gasteiger partial charge in [-0.3, -0.25) is 9.79 Å². The number of nitrogens with one attached hydrogen (secondary N) is 2. The summed E-state index contributed by atoms with van der Waals surface area (Å²) in [6.45, 7) is 5.63. The maximum Gasteiger partial charge on any atom is 0.408 e. The predicted molar refractivity (Wildman–Crippen MR) is 145 cm³/mol. The summed E-state index contributed by atoms with van der Waals surface area (Å²) in [5.41, 5.74) is 1.89. The number of ether oxygens (including phenoxy) is 1. The second-order valence-corrected chi connectivity index (χ2v) is 11.2. The Bertz CT molecular complexity index is 1210. The first-order valence-electron chi connectivity index (χ1n) is 13.1. The highest BCUT2D eigenvalue weighted by atomic mass is 16.6. The molecule has 1 saturated carbocycles. The van der Waals surface area contributed by atoms with Gasteiger partial charge in [-0.15, -0.1) is 0 Å².